The minimum Gasteiger partial charge on any atom is -0.432 e. The molecule has 3 heteroatoms. The molecule has 0 saturated heterocycles. The molecular formula is C8H14O3. The molecule has 0 atom stereocenters. The van der Waals surface area contributed by atoms with E-state index in [1.165, 1.54) is 6.42 Å². The third kappa shape index (κ3) is 2.78. The SMILES string of the molecule is CC(C)OC(=O)OC1CCC1. The Bertz CT molecular complexity index is 138. The highest BCUT2D eigenvalue weighted by Gasteiger charge is 2.22. The first kappa shape index (κ1) is 8.37. The van der Waals surface area contributed by atoms with Crippen molar-refractivity contribution in [3.63, 3.8) is 0 Å². The van der Waals surface area contributed by atoms with Gasteiger partial charge in [-0.2, -0.15) is 0 Å². The van der Waals surface area contributed by atoms with Crippen molar-refractivity contribution < 1.29 is 14.3 Å². The molecule has 0 amide bonds. The fourth-order valence-corrected chi connectivity index (χ4v) is 0.845. The van der Waals surface area contributed by atoms with Crippen LogP contribution in [0.25, 0.3) is 0 Å². The van der Waals surface area contributed by atoms with Crippen LogP contribution in [0, 0.1) is 0 Å². The van der Waals surface area contributed by atoms with Crippen LogP contribution in [0.4, 0.5) is 4.79 Å². The second kappa shape index (κ2) is 3.60. The maximum atomic E-state index is 10.8. The number of rotatable bonds is 2. The lowest BCUT2D eigenvalue weighted by Gasteiger charge is -2.24. The van der Waals surface area contributed by atoms with Gasteiger partial charge in [0.25, 0.3) is 0 Å². The summed E-state index contributed by atoms with van der Waals surface area (Å²) in [6.45, 7) is 3.62. The molecular weight excluding hydrogens is 144 g/mol. The normalized spacial score (nSPS) is 17.7. The first-order valence-corrected chi connectivity index (χ1v) is 4.05. The standard InChI is InChI=1S/C8H14O3/c1-6(2)10-8(9)11-7-4-3-5-7/h6-7H,3-5H2,1-2H3. The highest BCUT2D eigenvalue weighted by molar-refractivity contribution is 5.60. The molecule has 1 aliphatic rings. The molecule has 0 heterocycles. The summed E-state index contributed by atoms with van der Waals surface area (Å²) in [5.74, 6) is 0. The van der Waals surface area contributed by atoms with Gasteiger partial charge in [0, 0.05) is 0 Å². The number of ether oxygens (including phenoxy) is 2. The lowest BCUT2D eigenvalue weighted by molar-refractivity contribution is -0.0163. The van der Waals surface area contributed by atoms with E-state index in [4.69, 9.17) is 9.47 Å². The van der Waals surface area contributed by atoms with Crippen LogP contribution >= 0.6 is 0 Å². The molecule has 0 spiro atoms. The van der Waals surface area contributed by atoms with Gasteiger partial charge < -0.3 is 9.47 Å². The highest BCUT2D eigenvalue weighted by atomic mass is 16.7. The van der Waals surface area contributed by atoms with Crippen LogP contribution in [0.1, 0.15) is 33.1 Å². The summed E-state index contributed by atoms with van der Waals surface area (Å²) >= 11 is 0. The lowest BCUT2D eigenvalue weighted by Crippen LogP contribution is -2.26. The monoisotopic (exact) mass is 158 g/mol. The van der Waals surface area contributed by atoms with Gasteiger partial charge in [-0.1, -0.05) is 0 Å². The average molecular weight is 158 g/mol. The lowest BCUT2D eigenvalue weighted by atomic mass is 9.96. The molecule has 0 aromatic carbocycles. The second-order valence-corrected chi connectivity index (χ2v) is 3.09. The Balaban J connectivity index is 2.09. The fraction of sp³-hybridized carbons (Fsp3) is 0.875. The molecule has 11 heavy (non-hydrogen) atoms. The minimum atomic E-state index is -0.523. The summed E-state index contributed by atoms with van der Waals surface area (Å²) in [7, 11) is 0. The summed E-state index contributed by atoms with van der Waals surface area (Å²) < 4.78 is 9.73. The van der Waals surface area contributed by atoms with E-state index in [2.05, 4.69) is 0 Å². The van der Waals surface area contributed by atoms with Gasteiger partial charge in [0.15, 0.2) is 0 Å². The minimum absolute atomic E-state index is 0.0809. The molecule has 1 aliphatic carbocycles. The Labute approximate surface area is 66.7 Å². The van der Waals surface area contributed by atoms with Crippen LogP contribution in [-0.4, -0.2) is 18.4 Å². The molecule has 1 saturated carbocycles. The predicted molar refractivity (Wildman–Crippen MR) is 40.3 cm³/mol. The van der Waals surface area contributed by atoms with Gasteiger partial charge in [0.1, 0.15) is 6.10 Å². The number of carbonyl (C=O) groups is 1. The molecule has 1 fully saturated rings. The van der Waals surface area contributed by atoms with E-state index in [0.29, 0.717) is 0 Å². The number of carbonyl (C=O) groups excluding carboxylic acids is 1. The number of hydrogen-bond acceptors (Lipinski definition) is 3. The highest BCUT2D eigenvalue weighted by Crippen LogP contribution is 2.22. The first-order chi connectivity index (χ1) is 5.18. The van der Waals surface area contributed by atoms with Crippen LogP contribution < -0.4 is 0 Å². The third-order valence-electron chi connectivity index (χ3n) is 1.65. The molecule has 0 aromatic heterocycles. The van der Waals surface area contributed by atoms with E-state index >= 15 is 0 Å². The Kier molecular flexibility index (Phi) is 2.74. The van der Waals surface area contributed by atoms with E-state index in [-0.39, 0.29) is 12.2 Å². The molecule has 0 bridgehead atoms. The average Bonchev–Trinajstić information content (AvgIpc) is 1.77. The van der Waals surface area contributed by atoms with Gasteiger partial charge in [-0.05, 0) is 33.1 Å². The second-order valence-electron chi connectivity index (χ2n) is 3.09. The van der Waals surface area contributed by atoms with Crippen molar-refractivity contribution in [2.75, 3.05) is 0 Å². The van der Waals surface area contributed by atoms with Gasteiger partial charge in [-0.15, -0.1) is 0 Å². The quantitative estimate of drug-likeness (QED) is 0.577. The molecule has 64 valence electrons. The summed E-state index contributed by atoms with van der Waals surface area (Å²) in [4.78, 5) is 10.8. The van der Waals surface area contributed by atoms with Crippen molar-refractivity contribution >= 4 is 6.16 Å². The largest absolute Gasteiger partial charge is 0.508 e. The van der Waals surface area contributed by atoms with E-state index in [0.717, 1.165) is 12.8 Å². The van der Waals surface area contributed by atoms with Crippen molar-refractivity contribution in [2.45, 2.75) is 45.3 Å². The molecule has 0 aliphatic heterocycles. The zero-order valence-electron chi connectivity index (χ0n) is 7.00. The van der Waals surface area contributed by atoms with Crippen LogP contribution in [0.5, 0.6) is 0 Å². The number of hydrogen-bond donors (Lipinski definition) is 0. The predicted octanol–water partition coefficient (Wildman–Crippen LogP) is 2.10. The van der Waals surface area contributed by atoms with Crippen LogP contribution in [-0.2, 0) is 9.47 Å². The molecule has 0 aromatic rings. The van der Waals surface area contributed by atoms with Crippen LogP contribution in [0.3, 0.4) is 0 Å². The van der Waals surface area contributed by atoms with Crippen molar-refractivity contribution in [3.8, 4) is 0 Å². The molecule has 3 nitrogen and oxygen atoms in total. The fourth-order valence-electron chi connectivity index (χ4n) is 0.845. The van der Waals surface area contributed by atoms with Gasteiger partial charge in [-0.25, -0.2) is 4.79 Å². The molecule has 0 unspecified atom stereocenters. The van der Waals surface area contributed by atoms with E-state index in [1.807, 2.05) is 13.8 Å². The van der Waals surface area contributed by atoms with E-state index in [1.54, 1.807) is 0 Å². The first-order valence-electron chi connectivity index (χ1n) is 4.05. The molecule has 1 rings (SSSR count). The van der Waals surface area contributed by atoms with Gasteiger partial charge in [-0.3, -0.25) is 0 Å². The van der Waals surface area contributed by atoms with Crippen LogP contribution in [0.2, 0.25) is 0 Å². The summed E-state index contributed by atoms with van der Waals surface area (Å²) in [6, 6.07) is 0. The maximum absolute atomic E-state index is 10.8. The van der Waals surface area contributed by atoms with Crippen LogP contribution in [0.15, 0.2) is 0 Å². The van der Waals surface area contributed by atoms with E-state index < -0.39 is 6.16 Å². The van der Waals surface area contributed by atoms with Crippen molar-refractivity contribution in [1.29, 1.82) is 0 Å². The Hall–Kier alpha value is -0.730. The Morgan fingerprint density at radius 1 is 1.45 bits per heavy atom. The van der Waals surface area contributed by atoms with Crippen molar-refractivity contribution in [3.05, 3.63) is 0 Å². The van der Waals surface area contributed by atoms with Crippen molar-refractivity contribution in [1.82, 2.24) is 0 Å². The molecule has 0 N–H and O–H groups in total. The topological polar surface area (TPSA) is 35.5 Å². The summed E-state index contributed by atoms with van der Waals surface area (Å²) in [5.41, 5.74) is 0. The zero-order valence-corrected chi connectivity index (χ0v) is 7.00. The smallest absolute Gasteiger partial charge is 0.432 e. The third-order valence-corrected chi connectivity index (χ3v) is 1.65. The van der Waals surface area contributed by atoms with E-state index in [9.17, 15) is 4.79 Å². The zero-order chi connectivity index (χ0) is 8.27. The molecule has 0 radical (unpaired) electrons. The van der Waals surface area contributed by atoms with Gasteiger partial charge >= 0.3 is 6.16 Å². The summed E-state index contributed by atoms with van der Waals surface area (Å²) in [6.07, 6.45) is 2.67. The Morgan fingerprint density at radius 3 is 2.45 bits per heavy atom. The Morgan fingerprint density at radius 2 is 2.09 bits per heavy atom. The van der Waals surface area contributed by atoms with Crippen molar-refractivity contribution in [2.24, 2.45) is 0 Å². The van der Waals surface area contributed by atoms with Gasteiger partial charge in [0.2, 0.25) is 0 Å². The summed E-state index contributed by atoms with van der Waals surface area (Å²) in [5, 5.41) is 0. The maximum Gasteiger partial charge on any atom is 0.508 e. The van der Waals surface area contributed by atoms with Gasteiger partial charge in [0.05, 0.1) is 6.10 Å².